The van der Waals surface area contributed by atoms with Crippen LogP contribution in [0.3, 0.4) is 0 Å². The zero-order valence-corrected chi connectivity index (χ0v) is 18.4. The van der Waals surface area contributed by atoms with E-state index in [0.29, 0.717) is 38.2 Å². The summed E-state index contributed by atoms with van der Waals surface area (Å²) in [4.78, 5) is 18.7. The molecule has 0 bridgehead atoms. The van der Waals surface area contributed by atoms with Crippen LogP contribution < -0.4 is 4.74 Å². The number of aliphatic imine (C=N–C) groups is 1. The van der Waals surface area contributed by atoms with Crippen molar-refractivity contribution in [2.45, 2.75) is 37.3 Å². The summed E-state index contributed by atoms with van der Waals surface area (Å²) in [6, 6.07) is 25.8. The molecule has 5 rings (SSSR count). The van der Waals surface area contributed by atoms with Crippen LogP contribution in [0.1, 0.15) is 41.2 Å². The number of aliphatic hydroxyl groups is 1. The van der Waals surface area contributed by atoms with Crippen molar-refractivity contribution in [2.24, 2.45) is 4.99 Å². The van der Waals surface area contributed by atoms with E-state index in [-0.39, 0.29) is 12.4 Å². The van der Waals surface area contributed by atoms with E-state index in [2.05, 4.69) is 12.1 Å². The SMILES string of the molecule is O=C1CCc2ccccc2[C@H]2OC(c3ccc(OCCCO)cc3)=N[C@]12Cc1ccccc1. The average molecular weight is 442 g/mol. The highest BCUT2D eigenvalue weighted by molar-refractivity contribution is 6.02. The number of aliphatic hydroxyl groups excluding tert-OH is 1. The number of ether oxygens (including phenoxy) is 2. The average Bonchev–Trinajstić information content (AvgIpc) is 3.19. The number of rotatable bonds is 7. The molecular weight excluding hydrogens is 414 g/mol. The third kappa shape index (κ3) is 4.16. The van der Waals surface area contributed by atoms with Crippen molar-refractivity contribution < 1.29 is 19.4 Å². The topological polar surface area (TPSA) is 68.1 Å². The van der Waals surface area contributed by atoms with Crippen molar-refractivity contribution >= 4 is 11.7 Å². The molecule has 33 heavy (non-hydrogen) atoms. The molecule has 1 heterocycles. The first-order valence-corrected chi connectivity index (χ1v) is 11.5. The van der Waals surface area contributed by atoms with Crippen LogP contribution in [0.25, 0.3) is 0 Å². The van der Waals surface area contributed by atoms with Gasteiger partial charge in [0.1, 0.15) is 5.75 Å². The number of ketones is 1. The Labute approximate surface area is 193 Å². The van der Waals surface area contributed by atoms with Gasteiger partial charge in [0.25, 0.3) is 0 Å². The molecule has 2 aliphatic rings. The summed E-state index contributed by atoms with van der Waals surface area (Å²) in [5, 5.41) is 8.93. The molecule has 1 aliphatic carbocycles. The molecule has 0 saturated carbocycles. The van der Waals surface area contributed by atoms with E-state index < -0.39 is 11.6 Å². The van der Waals surface area contributed by atoms with Crippen molar-refractivity contribution in [3.8, 4) is 5.75 Å². The van der Waals surface area contributed by atoms with E-state index in [1.165, 1.54) is 0 Å². The van der Waals surface area contributed by atoms with Crippen LogP contribution in [-0.4, -0.2) is 35.5 Å². The fourth-order valence-corrected chi connectivity index (χ4v) is 4.71. The quantitative estimate of drug-likeness (QED) is 0.550. The molecule has 0 radical (unpaired) electrons. The normalized spacial score (nSPS) is 21.4. The second-order valence-electron chi connectivity index (χ2n) is 8.57. The highest BCUT2D eigenvalue weighted by Gasteiger charge is 2.54. The zero-order valence-electron chi connectivity index (χ0n) is 18.4. The Bertz CT molecular complexity index is 1160. The molecule has 5 heteroatoms. The zero-order chi connectivity index (χ0) is 22.7. The number of Topliss-reactive ketones (excluding diaryl/α,β-unsaturated/α-hetero) is 1. The minimum atomic E-state index is -0.987. The smallest absolute Gasteiger partial charge is 0.217 e. The molecule has 0 saturated heterocycles. The summed E-state index contributed by atoms with van der Waals surface area (Å²) >= 11 is 0. The van der Waals surface area contributed by atoms with Crippen LogP contribution in [0.5, 0.6) is 5.75 Å². The van der Waals surface area contributed by atoms with E-state index >= 15 is 0 Å². The minimum absolute atomic E-state index is 0.100. The monoisotopic (exact) mass is 441 g/mol. The molecule has 3 aromatic carbocycles. The molecular formula is C28H27NO4. The van der Waals surface area contributed by atoms with Gasteiger partial charge in [-0.25, -0.2) is 4.99 Å². The van der Waals surface area contributed by atoms with Crippen molar-refractivity contribution in [3.63, 3.8) is 0 Å². The van der Waals surface area contributed by atoms with Crippen LogP contribution >= 0.6 is 0 Å². The summed E-state index contributed by atoms with van der Waals surface area (Å²) in [7, 11) is 0. The first-order valence-electron chi connectivity index (χ1n) is 11.5. The maximum Gasteiger partial charge on any atom is 0.217 e. The molecule has 0 unspecified atom stereocenters. The van der Waals surface area contributed by atoms with Gasteiger partial charge in [-0.2, -0.15) is 0 Å². The number of carbonyl (C=O) groups is 1. The number of nitrogens with zero attached hydrogens (tertiary/aromatic N) is 1. The second-order valence-corrected chi connectivity index (χ2v) is 8.57. The van der Waals surface area contributed by atoms with Crippen LogP contribution in [-0.2, 0) is 22.4 Å². The second kappa shape index (κ2) is 9.20. The Kier molecular flexibility index (Phi) is 5.97. The predicted molar refractivity (Wildman–Crippen MR) is 127 cm³/mol. The van der Waals surface area contributed by atoms with Gasteiger partial charge >= 0.3 is 0 Å². The van der Waals surface area contributed by atoms with Gasteiger partial charge in [0.15, 0.2) is 17.4 Å². The Morgan fingerprint density at radius 3 is 2.52 bits per heavy atom. The van der Waals surface area contributed by atoms with Gasteiger partial charge in [0.05, 0.1) is 6.61 Å². The Hall–Kier alpha value is -3.44. The molecule has 0 fully saturated rings. The van der Waals surface area contributed by atoms with Crippen LogP contribution in [0.4, 0.5) is 0 Å². The molecule has 1 N–H and O–H groups in total. The Balaban J connectivity index is 1.53. The van der Waals surface area contributed by atoms with E-state index in [1.54, 1.807) is 0 Å². The van der Waals surface area contributed by atoms with Crippen LogP contribution in [0.2, 0.25) is 0 Å². The largest absolute Gasteiger partial charge is 0.494 e. The number of benzene rings is 3. The van der Waals surface area contributed by atoms with Crippen molar-refractivity contribution in [3.05, 3.63) is 101 Å². The standard InChI is InChI=1S/C28H27NO4/c30-17-6-18-32-23-14-11-22(12-15-23)27-29-28(19-20-7-2-1-3-8-20)25(31)16-13-21-9-4-5-10-24(21)26(28)33-27/h1-5,7-12,14-15,26,30H,6,13,16-19H2/t26-,28-/m1/s1. The lowest BCUT2D eigenvalue weighted by Gasteiger charge is -2.29. The van der Waals surface area contributed by atoms with Crippen molar-refractivity contribution in [1.29, 1.82) is 0 Å². The molecule has 3 aromatic rings. The van der Waals surface area contributed by atoms with E-state index in [0.717, 1.165) is 28.0 Å². The molecule has 2 atom stereocenters. The first kappa shape index (κ1) is 21.4. The van der Waals surface area contributed by atoms with Crippen molar-refractivity contribution in [2.75, 3.05) is 13.2 Å². The van der Waals surface area contributed by atoms with Gasteiger partial charge in [0, 0.05) is 31.4 Å². The van der Waals surface area contributed by atoms with Gasteiger partial charge in [-0.05, 0) is 47.4 Å². The summed E-state index contributed by atoms with van der Waals surface area (Å²) in [6.45, 7) is 0.559. The lowest BCUT2D eigenvalue weighted by molar-refractivity contribution is -0.126. The fourth-order valence-electron chi connectivity index (χ4n) is 4.71. The van der Waals surface area contributed by atoms with E-state index in [4.69, 9.17) is 19.6 Å². The minimum Gasteiger partial charge on any atom is -0.494 e. The molecule has 0 aromatic heterocycles. The number of hydrogen-bond acceptors (Lipinski definition) is 5. The Morgan fingerprint density at radius 1 is 0.970 bits per heavy atom. The first-order chi connectivity index (χ1) is 16.2. The van der Waals surface area contributed by atoms with Gasteiger partial charge in [-0.15, -0.1) is 0 Å². The Morgan fingerprint density at radius 2 is 1.73 bits per heavy atom. The predicted octanol–water partition coefficient (Wildman–Crippen LogP) is 4.46. The molecule has 0 spiro atoms. The van der Waals surface area contributed by atoms with Gasteiger partial charge in [-0.1, -0.05) is 54.6 Å². The lowest BCUT2D eigenvalue weighted by atomic mass is 9.80. The van der Waals surface area contributed by atoms with E-state index in [9.17, 15) is 4.79 Å². The maximum atomic E-state index is 13.6. The third-order valence-electron chi connectivity index (χ3n) is 6.40. The van der Waals surface area contributed by atoms with Crippen LogP contribution in [0.15, 0.2) is 83.9 Å². The van der Waals surface area contributed by atoms with Gasteiger partial charge in [0.2, 0.25) is 5.90 Å². The molecule has 168 valence electrons. The summed E-state index contributed by atoms with van der Waals surface area (Å²) in [5.74, 6) is 1.33. The van der Waals surface area contributed by atoms with Gasteiger partial charge < -0.3 is 14.6 Å². The van der Waals surface area contributed by atoms with E-state index in [1.807, 2.05) is 66.7 Å². The number of hydrogen-bond donors (Lipinski definition) is 1. The fraction of sp³-hybridized carbons (Fsp3) is 0.286. The number of carbonyl (C=O) groups excluding carboxylic acids is 1. The van der Waals surface area contributed by atoms with Crippen LogP contribution in [0, 0.1) is 0 Å². The summed E-state index contributed by atoms with van der Waals surface area (Å²) in [6.07, 6.45) is 1.77. The maximum absolute atomic E-state index is 13.6. The molecule has 0 amide bonds. The highest BCUT2D eigenvalue weighted by atomic mass is 16.5. The number of aryl methyl sites for hydroxylation is 1. The summed E-state index contributed by atoms with van der Waals surface area (Å²) in [5.41, 5.74) is 3.09. The highest BCUT2D eigenvalue weighted by Crippen LogP contribution is 2.46. The summed E-state index contributed by atoms with van der Waals surface area (Å²) < 4.78 is 12.1. The number of fused-ring (bicyclic) bond motifs is 3. The third-order valence-corrected chi connectivity index (χ3v) is 6.40. The lowest BCUT2D eigenvalue weighted by Crippen LogP contribution is -2.42. The molecule has 5 nitrogen and oxygen atoms in total. The molecule has 1 aliphatic heterocycles. The van der Waals surface area contributed by atoms with Crippen molar-refractivity contribution in [1.82, 2.24) is 0 Å². The van der Waals surface area contributed by atoms with Gasteiger partial charge in [-0.3, -0.25) is 4.79 Å².